The van der Waals surface area contributed by atoms with Gasteiger partial charge in [0.25, 0.3) is 0 Å². The molecule has 0 heterocycles. The maximum absolute atomic E-state index is 10.8. The molecule has 2 N–H and O–H groups in total. The standard InChI is InChI=1S/C9H11NO3/c1-10-9(12)13-8-4-2-3-7(5-8)6-11/h2-5,11H,6H2,1H3,(H,10,12). The summed E-state index contributed by atoms with van der Waals surface area (Å²) in [6, 6.07) is 6.71. The smallest absolute Gasteiger partial charge is 0.410 e. The van der Waals surface area contributed by atoms with Crippen molar-refractivity contribution < 1.29 is 14.6 Å². The average Bonchev–Trinajstić information content (AvgIpc) is 2.18. The van der Waals surface area contributed by atoms with E-state index < -0.39 is 6.09 Å². The second-order valence-electron chi connectivity index (χ2n) is 2.45. The topological polar surface area (TPSA) is 58.6 Å². The molecule has 0 atom stereocenters. The first-order chi connectivity index (χ1) is 6.26. The highest BCUT2D eigenvalue weighted by Gasteiger charge is 2.00. The Morgan fingerprint density at radius 2 is 2.38 bits per heavy atom. The van der Waals surface area contributed by atoms with Crippen molar-refractivity contribution in [3.8, 4) is 5.75 Å². The highest BCUT2D eigenvalue weighted by Crippen LogP contribution is 2.12. The first kappa shape index (κ1) is 9.54. The summed E-state index contributed by atoms with van der Waals surface area (Å²) >= 11 is 0. The zero-order valence-electron chi connectivity index (χ0n) is 7.28. The zero-order valence-corrected chi connectivity index (χ0v) is 7.28. The summed E-state index contributed by atoms with van der Waals surface area (Å²) in [5.41, 5.74) is 0.710. The van der Waals surface area contributed by atoms with Crippen LogP contribution >= 0.6 is 0 Å². The van der Waals surface area contributed by atoms with E-state index in [1.54, 1.807) is 24.3 Å². The minimum atomic E-state index is -0.518. The van der Waals surface area contributed by atoms with Crippen LogP contribution in [0.5, 0.6) is 5.75 Å². The van der Waals surface area contributed by atoms with Crippen LogP contribution in [0.25, 0.3) is 0 Å². The molecule has 70 valence electrons. The lowest BCUT2D eigenvalue weighted by Crippen LogP contribution is -2.22. The van der Waals surface area contributed by atoms with E-state index in [0.717, 1.165) is 0 Å². The molecule has 0 aromatic heterocycles. The van der Waals surface area contributed by atoms with E-state index >= 15 is 0 Å². The van der Waals surface area contributed by atoms with Gasteiger partial charge in [0, 0.05) is 7.05 Å². The van der Waals surface area contributed by atoms with Gasteiger partial charge in [0.15, 0.2) is 0 Å². The molecular formula is C9H11NO3. The maximum Gasteiger partial charge on any atom is 0.412 e. The van der Waals surface area contributed by atoms with E-state index in [2.05, 4.69) is 5.32 Å². The number of carbonyl (C=O) groups excluding carboxylic acids is 1. The van der Waals surface area contributed by atoms with Crippen LogP contribution in [-0.4, -0.2) is 18.2 Å². The normalized spacial score (nSPS) is 9.38. The number of benzene rings is 1. The van der Waals surface area contributed by atoms with Gasteiger partial charge in [-0.15, -0.1) is 0 Å². The van der Waals surface area contributed by atoms with Crippen molar-refractivity contribution in [2.24, 2.45) is 0 Å². The van der Waals surface area contributed by atoms with Crippen LogP contribution in [0.2, 0.25) is 0 Å². The Hall–Kier alpha value is -1.55. The Bertz CT molecular complexity index is 299. The molecule has 0 bridgehead atoms. The Balaban J connectivity index is 2.71. The van der Waals surface area contributed by atoms with Gasteiger partial charge >= 0.3 is 6.09 Å². The fraction of sp³-hybridized carbons (Fsp3) is 0.222. The summed E-state index contributed by atoms with van der Waals surface area (Å²) in [6.07, 6.45) is -0.518. The zero-order chi connectivity index (χ0) is 9.68. The molecule has 0 unspecified atom stereocenters. The number of hydrogen-bond acceptors (Lipinski definition) is 3. The lowest BCUT2D eigenvalue weighted by molar-refractivity contribution is 0.202. The Kier molecular flexibility index (Phi) is 3.28. The van der Waals surface area contributed by atoms with Crippen LogP contribution in [0.1, 0.15) is 5.56 Å². The van der Waals surface area contributed by atoms with Crippen molar-refractivity contribution in [3.05, 3.63) is 29.8 Å². The van der Waals surface area contributed by atoms with Crippen LogP contribution in [0.15, 0.2) is 24.3 Å². The second-order valence-corrected chi connectivity index (χ2v) is 2.45. The molecule has 0 aliphatic carbocycles. The molecule has 4 nitrogen and oxygen atoms in total. The lowest BCUT2D eigenvalue weighted by atomic mass is 10.2. The summed E-state index contributed by atoms with van der Waals surface area (Å²) in [6.45, 7) is -0.0645. The number of aliphatic hydroxyl groups is 1. The number of carbonyl (C=O) groups is 1. The first-order valence-corrected chi connectivity index (χ1v) is 3.85. The Morgan fingerprint density at radius 3 is 3.00 bits per heavy atom. The van der Waals surface area contributed by atoms with Crippen LogP contribution in [0.4, 0.5) is 4.79 Å². The number of amides is 1. The molecule has 0 saturated carbocycles. The molecule has 4 heteroatoms. The van der Waals surface area contributed by atoms with Crippen LogP contribution < -0.4 is 10.1 Å². The average molecular weight is 181 g/mol. The molecule has 0 spiro atoms. The van der Waals surface area contributed by atoms with Gasteiger partial charge in [0.2, 0.25) is 0 Å². The minimum absolute atomic E-state index is 0.0645. The molecule has 1 amide bonds. The van der Waals surface area contributed by atoms with E-state index in [0.29, 0.717) is 11.3 Å². The van der Waals surface area contributed by atoms with Crippen molar-refractivity contribution in [1.82, 2.24) is 5.32 Å². The van der Waals surface area contributed by atoms with E-state index in [1.807, 2.05) is 0 Å². The first-order valence-electron chi connectivity index (χ1n) is 3.85. The molecule has 13 heavy (non-hydrogen) atoms. The highest BCUT2D eigenvalue weighted by molar-refractivity contribution is 5.69. The molecule has 0 saturated heterocycles. The van der Waals surface area contributed by atoms with Gasteiger partial charge in [-0.25, -0.2) is 4.79 Å². The molecule has 1 rings (SSSR count). The highest BCUT2D eigenvalue weighted by atomic mass is 16.5. The fourth-order valence-corrected chi connectivity index (χ4v) is 0.865. The molecule has 1 aromatic rings. The number of nitrogens with one attached hydrogen (secondary N) is 1. The predicted molar refractivity (Wildman–Crippen MR) is 47.4 cm³/mol. The number of aliphatic hydroxyl groups excluding tert-OH is 1. The van der Waals surface area contributed by atoms with Crippen LogP contribution in [-0.2, 0) is 6.61 Å². The van der Waals surface area contributed by atoms with E-state index in [1.165, 1.54) is 7.05 Å². The molecular weight excluding hydrogens is 170 g/mol. The van der Waals surface area contributed by atoms with Gasteiger partial charge in [-0.05, 0) is 17.7 Å². The summed E-state index contributed by atoms with van der Waals surface area (Å²) in [4.78, 5) is 10.8. The molecule has 0 aliphatic rings. The van der Waals surface area contributed by atoms with Gasteiger partial charge in [0.1, 0.15) is 5.75 Å². The summed E-state index contributed by atoms with van der Waals surface area (Å²) in [7, 11) is 1.48. The number of rotatable bonds is 2. The quantitative estimate of drug-likeness (QED) is 0.712. The van der Waals surface area contributed by atoms with Gasteiger partial charge in [-0.2, -0.15) is 0 Å². The summed E-state index contributed by atoms with van der Waals surface area (Å²) < 4.78 is 4.84. The van der Waals surface area contributed by atoms with Crippen molar-refractivity contribution in [2.45, 2.75) is 6.61 Å². The monoisotopic (exact) mass is 181 g/mol. The van der Waals surface area contributed by atoms with E-state index in [9.17, 15) is 4.79 Å². The van der Waals surface area contributed by atoms with E-state index in [4.69, 9.17) is 9.84 Å². The number of hydrogen-bond donors (Lipinski definition) is 2. The minimum Gasteiger partial charge on any atom is -0.410 e. The molecule has 0 radical (unpaired) electrons. The van der Waals surface area contributed by atoms with E-state index in [-0.39, 0.29) is 6.61 Å². The maximum atomic E-state index is 10.8. The molecule has 1 aromatic carbocycles. The summed E-state index contributed by atoms with van der Waals surface area (Å²) in [5.74, 6) is 0.422. The fourth-order valence-electron chi connectivity index (χ4n) is 0.865. The predicted octanol–water partition coefficient (Wildman–Crippen LogP) is 0.897. The van der Waals surface area contributed by atoms with Crippen molar-refractivity contribution in [2.75, 3.05) is 7.05 Å². The van der Waals surface area contributed by atoms with Crippen molar-refractivity contribution in [1.29, 1.82) is 0 Å². The molecule has 0 fully saturated rings. The van der Waals surface area contributed by atoms with Gasteiger partial charge in [0.05, 0.1) is 6.61 Å². The van der Waals surface area contributed by atoms with Crippen LogP contribution in [0.3, 0.4) is 0 Å². The van der Waals surface area contributed by atoms with Gasteiger partial charge < -0.3 is 15.2 Å². The molecule has 0 aliphatic heterocycles. The Morgan fingerprint density at radius 1 is 1.62 bits per heavy atom. The lowest BCUT2D eigenvalue weighted by Gasteiger charge is -2.03. The van der Waals surface area contributed by atoms with Crippen LogP contribution in [0, 0.1) is 0 Å². The Labute approximate surface area is 76.1 Å². The van der Waals surface area contributed by atoms with Crippen molar-refractivity contribution >= 4 is 6.09 Å². The third-order valence-electron chi connectivity index (χ3n) is 1.50. The largest absolute Gasteiger partial charge is 0.412 e. The SMILES string of the molecule is CNC(=O)Oc1cccc(CO)c1. The van der Waals surface area contributed by atoms with Gasteiger partial charge in [-0.1, -0.05) is 12.1 Å². The van der Waals surface area contributed by atoms with Gasteiger partial charge in [-0.3, -0.25) is 0 Å². The second kappa shape index (κ2) is 4.47. The van der Waals surface area contributed by atoms with Crippen molar-refractivity contribution in [3.63, 3.8) is 0 Å². The summed E-state index contributed by atoms with van der Waals surface area (Å²) in [5, 5.41) is 11.1. The third kappa shape index (κ3) is 2.76. The third-order valence-corrected chi connectivity index (χ3v) is 1.50. The number of ether oxygens (including phenoxy) is 1.